The largest absolute Gasteiger partial charge is 0.492 e. The molecule has 0 fully saturated rings. The van der Waals surface area contributed by atoms with Crippen molar-refractivity contribution in [3.8, 4) is 5.75 Å². The Kier molecular flexibility index (Phi) is 5.55. The highest BCUT2D eigenvalue weighted by Gasteiger charge is 2.18. The van der Waals surface area contributed by atoms with E-state index in [4.69, 9.17) is 33.7 Å². The van der Waals surface area contributed by atoms with Crippen LogP contribution in [-0.4, -0.2) is 6.61 Å². The topological polar surface area (TPSA) is 35.2 Å². The molecule has 0 saturated carbocycles. The van der Waals surface area contributed by atoms with Crippen molar-refractivity contribution < 1.29 is 4.74 Å². The normalized spacial score (nSPS) is 12.3. The van der Waals surface area contributed by atoms with Gasteiger partial charge in [0, 0.05) is 15.6 Å². The molecule has 2 N–H and O–H groups in total. The molecule has 21 heavy (non-hydrogen) atoms. The average molecular weight is 389 g/mol. The minimum atomic E-state index is -0.361. The summed E-state index contributed by atoms with van der Waals surface area (Å²) in [7, 11) is 0. The second-order valence-electron chi connectivity index (χ2n) is 4.69. The Morgan fingerprint density at radius 3 is 2.57 bits per heavy atom. The van der Waals surface area contributed by atoms with Crippen LogP contribution >= 0.6 is 39.1 Å². The zero-order chi connectivity index (χ0) is 15.6. The molecule has 0 aromatic heterocycles. The number of rotatable bonds is 4. The van der Waals surface area contributed by atoms with Gasteiger partial charge in [-0.15, -0.1) is 0 Å². The number of hydrogen-bond donors (Lipinski definition) is 1. The van der Waals surface area contributed by atoms with Gasteiger partial charge in [0.2, 0.25) is 0 Å². The van der Waals surface area contributed by atoms with Crippen molar-refractivity contribution in [1.82, 2.24) is 0 Å². The van der Waals surface area contributed by atoms with Gasteiger partial charge in [0.15, 0.2) is 0 Å². The standard InChI is InChI=1S/C16H16BrCl2NO/c1-3-21-14-8-12(18)11(7-13(14)19)16(20)10-6-4-5-9(2)15(10)17/h4-8,16H,3,20H2,1-2H3. The van der Waals surface area contributed by atoms with Gasteiger partial charge in [0.05, 0.1) is 17.7 Å². The lowest BCUT2D eigenvalue weighted by Crippen LogP contribution is -2.13. The van der Waals surface area contributed by atoms with Gasteiger partial charge >= 0.3 is 0 Å². The lowest BCUT2D eigenvalue weighted by atomic mass is 9.98. The van der Waals surface area contributed by atoms with E-state index in [2.05, 4.69) is 15.9 Å². The zero-order valence-corrected chi connectivity index (χ0v) is 14.9. The Labute approximate surface area is 143 Å². The van der Waals surface area contributed by atoms with E-state index in [0.29, 0.717) is 22.4 Å². The van der Waals surface area contributed by atoms with E-state index in [9.17, 15) is 0 Å². The summed E-state index contributed by atoms with van der Waals surface area (Å²) in [5, 5.41) is 1.05. The maximum atomic E-state index is 6.37. The van der Waals surface area contributed by atoms with Crippen molar-refractivity contribution >= 4 is 39.1 Å². The first-order valence-electron chi connectivity index (χ1n) is 6.58. The lowest BCUT2D eigenvalue weighted by molar-refractivity contribution is 0.340. The SMILES string of the molecule is CCOc1cc(Cl)c(C(N)c2cccc(C)c2Br)cc1Cl. The highest BCUT2D eigenvalue weighted by molar-refractivity contribution is 9.10. The molecule has 1 unspecified atom stereocenters. The molecule has 0 amide bonds. The van der Waals surface area contributed by atoms with Crippen molar-refractivity contribution in [3.05, 3.63) is 61.5 Å². The number of ether oxygens (including phenoxy) is 1. The molecule has 2 aromatic carbocycles. The van der Waals surface area contributed by atoms with Crippen LogP contribution in [-0.2, 0) is 0 Å². The highest BCUT2D eigenvalue weighted by atomic mass is 79.9. The second kappa shape index (κ2) is 7.01. The summed E-state index contributed by atoms with van der Waals surface area (Å²) < 4.78 is 6.42. The number of hydrogen-bond acceptors (Lipinski definition) is 2. The van der Waals surface area contributed by atoms with Crippen LogP contribution in [0.1, 0.15) is 29.7 Å². The summed E-state index contributed by atoms with van der Waals surface area (Å²) in [5.41, 5.74) is 9.23. The summed E-state index contributed by atoms with van der Waals surface area (Å²) in [6, 6.07) is 9.09. The van der Waals surface area contributed by atoms with Crippen LogP contribution in [0.4, 0.5) is 0 Å². The van der Waals surface area contributed by atoms with E-state index >= 15 is 0 Å². The molecule has 112 valence electrons. The van der Waals surface area contributed by atoms with Crippen LogP contribution in [0.3, 0.4) is 0 Å². The summed E-state index contributed by atoms with van der Waals surface area (Å²) >= 11 is 16.2. The van der Waals surface area contributed by atoms with Gasteiger partial charge in [-0.3, -0.25) is 0 Å². The van der Waals surface area contributed by atoms with Crippen molar-refractivity contribution in [2.45, 2.75) is 19.9 Å². The first-order valence-corrected chi connectivity index (χ1v) is 8.13. The maximum Gasteiger partial charge on any atom is 0.139 e. The Bertz CT molecular complexity index is 661. The molecule has 0 heterocycles. The third kappa shape index (κ3) is 3.54. The molecular weight excluding hydrogens is 373 g/mol. The molecule has 0 bridgehead atoms. The Morgan fingerprint density at radius 2 is 1.90 bits per heavy atom. The molecule has 0 saturated heterocycles. The zero-order valence-electron chi connectivity index (χ0n) is 11.8. The summed E-state index contributed by atoms with van der Waals surface area (Å²) in [4.78, 5) is 0. The number of benzene rings is 2. The fraction of sp³-hybridized carbons (Fsp3) is 0.250. The van der Waals surface area contributed by atoms with E-state index < -0.39 is 0 Å². The van der Waals surface area contributed by atoms with Crippen molar-refractivity contribution in [1.29, 1.82) is 0 Å². The Hall–Kier alpha value is -0.740. The Morgan fingerprint density at radius 1 is 1.19 bits per heavy atom. The number of halogens is 3. The van der Waals surface area contributed by atoms with E-state index in [1.165, 1.54) is 0 Å². The van der Waals surface area contributed by atoms with E-state index in [1.807, 2.05) is 32.0 Å². The molecule has 1 atom stereocenters. The van der Waals surface area contributed by atoms with Gasteiger partial charge in [-0.05, 0) is 36.6 Å². The monoisotopic (exact) mass is 387 g/mol. The molecule has 0 aliphatic rings. The lowest BCUT2D eigenvalue weighted by Gasteiger charge is -2.18. The molecular formula is C16H16BrCl2NO. The highest BCUT2D eigenvalue weighted by Crippen LogP contribution is 2.37. The number of aryl methyl sites for hydroxylation is 1. The summed E-state index contributed by atoms with van der Waals surface area (Å²) in [6.07, 6.45) is 0. The van der Waals surface area contributed by atoms with Crippen LogP contribution in [0.5, 0.6) is 5.75 Å². The van der Waals surface area contributed by atoms with Gasteiger partial charge in [-0.2, -0.15) is 0 Å². The fourth-order valence-corrected chi connectivity index (χ4v) is 3.14. The predicted molar refractivity (Wildman–Crippen MR) is 92.5 cm³/mol. The Balaban J connectivity index is 2.46. The molecule has 5 heteroatoms. The third-order valence-electron chi connectivity index (χ3n) is 3.24. The minimum Gasteiger partial charge on any atom is -0.492 e. The molecule has 2 nitrogen and oxygen atoms in total. The fourth-order valence-electron chi connectivity index (χ4n) is 2.13. The third-order valence-corrected chi connectivity index (χ3v) is 4.95. The van der Waals surface area contributed by atoms with E-state index in [-0.39, 0.29) is 6.04 Å². The summed E-state index contributed by atoms with van der Waals surface area (Å²) in [6.45, 7) is 4.45. The van der Waals surface area contributed by atoms with Crippen molar-refractivity contribution in [3.63, 3.8) is 0 Å². The molecule has 0 aliphatic heterocycles. The van der Waals surface area contributed by atoms with Gasteiger partial charge in [-0.25, -0.2) is 0 Å². The molecule has 0 spiro atoms. The minimum absolute atomic E-state index is 0.361. The molecule has 2 rings (SSSR count). The van der Waals surface area contributed by atoms with Crippen molar-refractivity contribution in [2.24, 2.45) is 5.73 Å². The van der Waals surface area contributed by atoms with Crippen LogP contribution in [0.2, 0.25) is 10.0 Å². The van der Waals surface area contributed by atoms with Crippen LogP contribution in [0.25, 0.3) is 0 Å². The van der Waals surface area contributed by atoms with Gasteiger partial charge < -0.3 is 10.5 Å². The first-order chi connectivity index (χ1) is 9.95. The molecule has 2 aromatic rings. The van der Waals surface area contributed by atoms with Gasteiger partial charge in [-0.1, -0.05) is 57.3 Å². The first kappa shape index (κ1) is 16.6. The quantitative estimate of drug-likeness (QED) is 0.749. The smallest absolute Gasteiger partial charge is 0.139 e. The van der Waals surface area contributed by atoms with Crippen LogP contribution in [0, 0.1) is 6.92 Å². The van der Waals surface area contributed by atoms with Crippen LogP contribution in [0.15, 0.2) is 34.8 Å². The second-order valence-corrected chi connectivity index (χ2v) is 6.30. The molecule has 0 radical (unpaired) electrons. The van der Waals surface area contributed by atoms with E-state index in [1.54, 1.807) is 12.1 Å². The average Bonchev–Trinajstić information content (AvgIpc) is 2.45. The summed E-state index contributed by atoms with van der Waals surface area (Å²) in [5.74, 6) is 0.573. The predicted octanol–water partition coefficient (Wildman–Crippen LogP) is 5.51. The van der Waals surface area contributed by atoms with E-state index in [0.717, 1.165) is 21.2 Å². The van der Waals surface area contributed by atoms with Crippen LogP contribution < -0.4 is 10.5 Å². The van der Waals surface area contributed by atoms with Gasteiger partial charge in [0.1, 0.15) is 5.75 Å². The van der Waals surface area contributed by atoms with Gasteiger partial charge in [0.25, 0.3) is 0 Å². The maximum absolute atomic E-state index is 6.37. The molecule has 0 aliphatic carbocycles. The number of nitrogens with two attached hydrogens (primary N) is 1. The van der Waals surface area contributed by atoms with Crippen molar-refractivity contribution in [2.75, 3.05) is 6.61 Å².